The quantitative estimate of drug-likeness (QED) is 0.695. The molecule has 0 saturated heterocycles. The average molecular weight is 255 g/mol. The van der Waals surface area contributed by atoms with E-state index in [1.807, 2.05) is 6.79 Å². The molecule has 0 radical (unpaired) electrons. The summed E-state index contributed by atoms with van der Waals surface area (Å²) in [6.07, 6.45) is -4.24. The van der Waals surface area contributed by atoms with Gasteiger partial charge in [-0.15, -0.1) is 0 Å². The Morgan fingerprint density at radius 2 is 1.46 bits per heavy atom. The van der Waals surface area contributed by atoms with Crippen LogP contribution < -0.4 is 0 Å². The zero-order valence-electron chi connectivity index (χ0n) is 6.44. The van der Waals surface area contributed by atoms with Crippen molar-refractivity contribution in [2.75, 3.05) is 0 Å². The molecule has 72 valence electrons. The van der Waals surface area contributed by atoms with Crippen molar-refractivity contribution in [2.24, 2.45) is 0 Å². The summed E-state index contributed by atoms with van der Waals surface area (Å²) in [5, 5.41) is 0. The third-order valence-electron chi connectivity index (χ3n) is 1.17. The summed E-state index contributed by atoms with van der Waals surface area (Å²) in [6, 6.07) is 4.79. The molecule has 1 rings (SSSR count). The normalized spacial score (nSPS) is 10.2. The summed E-state index contributed by atoms with van der Waals surface area (Å²) in [5.74, 6) is 0. The van der Waals surface area contributed by atoms with Gasteiger partial charge in [-0.05, 0) is 24.3 Å². The van der Waals surface area contributed by atoms with E-state index < -0.39 is 11.7 Å². The largest absolute Gasteiger partial charge is 0.416 e. The first-order valence-electron chi connectivity index (χ1n) is 3.12. The predicted molar refractivity (Wildman–Crippen MR) is 46.3 cm³/mol. The highest BCUT2D eigenvalue weighted by Gasteiger charge is 2.29. The van der Waals surface area contributed by atoms with E-state index in [1.165, 1.54) is 12.1 Å². The lowest BCUT2D eigenvalue weighted by Crippen LogP contribution is -2.03. The first kappa shape index (κ1) is 12.2. The van der Waals surface area contributed by atoms with Crippen LogP contribution in [-0.4, -0.2) is 6.79 Å². The van der Waals surface area contributed by atoms with Crippen molar-refractivity contribution in [3.8, 4) is 0 Å². The number of halogens is 4. The number of benzene rings is 1. The van der Waals surface area contributed by atoms with Crippen molar-refractivity contribution < 1.29 is 18.0 Å². The van der Waals surface area contributed by atoms with E-state index in [4.69, 9.17) is 4.79 Å². The summed E-state index contributed by atoms with van der Waals surface area (Å²) in [7, 11) is 0. The van der Waals surface area contributed by atoms with Crippen LogP contribution in [-0.2, 0) is 11.0 Å². The number of rotatable bonds is 0. The molecule has 0 amide bonds. The van der Waals surface area contributed by atoms with Gasteiger partial charge >= 0.3 is 6.18 Å². The Morgan fingerprint density at radius 3 is 1.77 bits per heavy atom. The molecule has 13 heavy (non-hydrogen) atoms. The van der Waals surface area contributed by atoms with Gasteiger partial charge in [0.05, 0.1) is 5.56 Å². The molecule has 5 heteroatoms. The van der Waals surface area contributed by atoms with Gasteiger partial charge in [0.25, 0.3) is 0 Å². The molecule has 0 heterocycles. The van der Waals surface area contributed by atoms with Crippen molar-refractivity contribution >= 4 is 22.7 Å². The zero-order chi connectivity index (χ0) is 10.5. The van der Waals surface area contributed by atoms with Gasteiger partial charge in [-0.3, -0.25) is 0 Å². The highest BCUT2D eigenvalue weighted by Crippen LogP contribution is 2.29. The average Bonchev–Trinajstić information content (AvgIpc) is 2.07. The van der Waals surface area contributed by atoms with Gasteiger partial charge in [-0.25, -0.2) is 0 Å². The molecule has 0 aliphatic carbocycles. The Kier molecular flexibility index (Phi) is 4.69. The molecule has 0 aromatic heterocycles. The van der Waals surface area contributed by atoms with E-state index in [2.05, 4.69) is 15.9 Å². The molecule has 0 aliphatic rings. The monoisotopic (exact) mass is 254 g/mol. The van der Waals surface area contributed by atoms with E-state index in [9.17, 15) is 13.2 Å². The van der Waals surface area contributed by atoms with Crippen molar-refractivity contribution in [3.05, 3.63) is 34.3 Å². The Morgan fingerprint density at radius 1 is 1.08 bits per heavy atom. The molecule has 0 bridgehead atoms. The lowest BCUT2D eigenvalue weighted by molar-refractivity contribution is -0.137. The van der Waals surface area contributed by atoms with Gasteiger partial charge in [0, 0.05) is 4.47 Å². The van der Waals surface area contributed by atoms with Gasteiger partial charge < -0.3 is 4.79 Å². The molecular formula is C8H6BrF3O. The summed E-state index contributed by atoms with van der Waals surface area (Å²) >= 11 is 3.04. The summed E-state index contributed by atoms with van der Waals surface area (Å²) in [4.78, 5) is 8.00. The maximum Gasteiger partial charge on any atom is 0.416 e. The number of carbonyl (C=O) groups is 1. The van der Waals surface area contributed by atoms with Gasteiger partial charge in [0.1, 0.15) is 6.79 Å². The van der Waals surface area contributed by atoms with Crippen molar-refractivity contribution in [2.45, 2.75) is 6.18 Å². The van der Waals surface area contributed by atoms with Crippen LogP contribution in [0.5, 0.6) is 0 Å². The number of hydrogen-bond donors (Lipinski definition) is 0. The van der Waals surface area contributed by atoms with Crippen LogP contribution in [0.25, 0.3) is 0 Å². The number of hydrogen-bond acceptors (Lipinski definition) is 1. The maximum absolute atomic E-state index is 11.9. The van der Waals surface area contributed by atoms with Gasteiger partial charge in [-0.2, -0.15) is 13.2 Å². The first-order chi connectivity index (χ1) is 6.00. The molecule has 0 saturated carbocycles. The second kappa shape index (κ2) is 5.01. The SMILES string of the molecule is C=O.FC(F)(F)c1ccc(Br)cc1. The Bertz CT molecular complexity index is 255. The fourth-order valence-electron chi connectivity index (χ4n) is 0.639. The topological polar surface area (TPSA) is 17.1 Å². The second-order valence-electron chi connectivity index (χ2n) is 2.00. The van der Waals surface area contributed by atoms with Crippen LogP contribution in [0.2, 0.25) is 0 Å². The first-order valence-corrected chi connectivity index (χ1v) is 3.91. The number of carbonyl (C=O) groups excluding carboxylic acids is 1. The minimum absolute atomic E-state index is 0.624. The molecule has 1 aromatic rings. The van der Waals surface area contributed by atoms with E-state index in [0.717, 1.165) is 12.1 Å². The summed E-state index contributed by atoms with van der Waals surface area (Å²) in [5.41, 5.74) is -0.624. The lowest BCUT2D eigenvalue weighted by atomic mass is 10.2. The molecule has 0 unspecified atom stereocenters. The molecule has 1 nitrogen and oxygen atoms in total. The minimum atomic E-state index is -4.24. The Labute approximate surface area is 81.7 Å². The molecule has 0 atom stereocenters. The van der Waals surface area contributed by atoms with Crippen LogP contribution in [0.4, 0.5) is 13.2 Å². The van der Waals surface area contributed by atoms with Crippen LogP contribution in [0.15, 0.2) is 28.7 Å². The van der Waals surface area contributed by atoms with Crippen LogP contribution in [0.3, 0.4) is 0 Å². The summed E-state index contributed by atoms with van der Waals surface area (Å²) < 4.78 is 36.4. The number of alkyl halides is 3. The van der Waals surface area contributed by atoms with Crippen LogP contribution in [0.1, 0.15) is 5.56 Å². The van der Waals surface area contributed by atoms with E-state index in [1.54, 1.807) is 0 Å². The van der Waals surface area contributed by atoms with Gasteiger partial charge in [-0.1, -0.05) is 15.9 Å². The van der Waals surface area contributed by atoms with Crippen molar-refractivity contribution in [3.63, 3.8) is 0 Å². The Balaban J connectivity index is 0.000000671. The molecule has 0 fully saturated rings. The molecule has 0 aliphatic heterocycles. The van der Waals surface area contributed by atoms with Gasteiger partial charge in [0.15, 0.2) is 0 Å². The molecule has 0 N–H and O–H groups in total. The van der Waals surface area contributed by atoms with E-state index >= 15 is 0 Å². The molecule has 0 spiro atoms. The Hall–Kier alpha value is -0.840. The van der Waals surface area contributed by atoms with Crippen molar-refractivity contribution in [1.29, 1.82) is 0 Å². The fourth-order valence-corrected chi connectivity index (χ4v) is 0.903. The van der Waals surface area contributed by atoms with Crippen LogP contribution >= 0.6 is 15.9 Å². The highest BCUT2D eigenvalue weighted by atomic mass is 79.9. The molecular weight excluding hydrogens is 249 g/mol. The van der Waals surface area contributed by atoms with E-state index in [-0.39, 0.29) is 0 Å². The lowest BCUT2D eigenvalue weighted by Gasteiger charge is -2.04. The fraction of sp³-hybridized carbons (Fsp3) is 0.125. The predicted octanol–water partition coefficient (Wildman–Crippen LogP) is 3.28. The summed E-state index contributed by atoms with van der Waals surface area (Å²) in [6.45, 7) is 2.00. The minimum Gasteiger partial charge on any atom is -0.307 e. The highest BCUT2D eigenvalue weighted by molar-refractivity contribution is 9.10. The van der Waals surface area contributed by atoms with E-state index in [0.29, 0.717) is 4.47 Å². The smallest absolute Gasteiger partial charge is 0.307 e. The second-order valence-corrected chi connectivity index (χ2v) is 2.92. The maximum atomic E-state index is 11.9. The molecule has 1 aromatic carbocycles. The zero-order valence-corrected chi connectivity index (χ0v) is 8.02. The standard InChI is InChI=1S/C7H4BrF3.CH2O/c8-6-3-1-5(2-4-6)7(9,10)11;1-2/h1-4H;1H2. The van der Waals surface area contributed by atoms with Gasteiger partial charge in [0.2, 0.25) is 0 Å². The van der Waals surface area contributed by atoms with Crippen LogP contribution in [0, 0.1) is 0 Å². The van der Waals surface area contributed by atoms with Crippen molar-refractivity contribution in [1.82, 2.24) is 0 Å². The third-order valence-corrected chi connectivity index (χ3v) is 1.70. The third kappa shape index (κ3) is 4.07.